The monoisotopic (exact) mass is 539 g/mol. The highest BCUT2D eigenvalue weighted by atomic mass is 35.5. The van der Waals surface area contributed by atoms with Crippen molar-refractivity contribution in [3.8, 4) is 11.5 Å². The number of nitrogens with one attached hydrogen (secondary N) is 1. The smallest absolute Gasteiger partial charge is 0.260 e. The molecule has 2 unspecified atom stereocenters. The van der Waals surface area contributed by atoms with Crippen molar-refractivity contribution in [1.29, 1.82) is 0 Å². The van der Waals surface area contributed by atoms with Gasteiger partial charge in [0.05, 0.1) is 12.6 Å². The third-order valence-electron chi connectivity index (χ3n) is 6.68. The zero-order chi connectivity index (χ0) is 25.9. The summed E-state index contributed by atoms with van der Waals surface area (Å²) in [4.78, 5) is 7.70. The summed E-state index contributed by atoms with van der Waals surface area (Å²) in [6.07, 6.45) is 0.553. The summed E-state index contributed by atoms with van der Waals surface area (Å²) in [6, 6.07) is 20.7. The number of rotatable bonds is 9. The number of benzene rings is 3. The highest BCUT2D eigenvalue weighted by Crippen LogP contribution is 2.40. The van der Waals surface area contributed by atoms with Crippen molar-refractivity contribution >= 4 is 34.1 Å². The number of hydrogen-bond donors (Lipinski definition) is 2. The van der Waals surface area contributed by atoms with Crippen LogP contribution in [0.3, 0.4) is 0 Å². The van der Waals surface area contributed by atoms with E-state index in [0.717, 1.165) is 47.3 Å². The lowest BCUT2D eigenvalue weighted by Gasteiger charge is -2.38. The quantitative estimate of drug-likeness (QED) is 0.198. The van der Waals surface area contributed by atoms with Gasteiger partial charge in [-0.25, -0.2) is 4.90 Å². The first-order valence-corrected chi connectivity index (χ1v) is 13.2. The minimum absolute atomic E-state index is 0.250. The molecule has 0 spiro atoms. The zero-order valence-electron chi connectivity index (χ0n) is 21.0. The van der Waals surface area contributed by atoms with Crippen molar-refractivity contribution in [1.82, 2.24) is 14.8 Å². The van der Waals surface area contributed by atoms with Gasteiger partial charge in [0.1, 0.15) is 11.5 Å². The predicted octanol–water partition coefficient (Wildman–Crippen LogP) is 6.11. The molecule has 4 aromatic rings. The van der Waals surface area contributed by atoms with Gasteiger partial charge in [0.25, 0.3) is 6.41 Å². The highest BCUT2D eigenvalue weighted by Gasteiger charge is 2.36. The van der Waals surface area contributed by atoms with Gasteiger partial charge in [-0.1, -0.05) is 35.3 Å². The van der Waals surface area contributed by atoms with Crippen LogP contribution in [0.5, 0.6) is 11.5 Å². The molecule has 8 heteroatoms. The number of aromatic nitrogens is 1. The maximum Gasteiger partial charge on any atom is 0.260 e. The van der Waals surface area contributed by atoms with Gasteiger partial charge < -0.3 is 24.5 Å². The number of aliphatic hydroxyl groups excluding tert-OH is 1. The van der Waals surface area contributed by atoms with E-state index in [2.05, 4.69) is 36.1 Å². The Kier molecular flexibility index (Phi) is 7.93. The van der Waals surface area contributed by atoms with Crippen molar-refractivity contribution < 1.29 is 14.6 Å². The lowest BCUT2D eigenvalue weighted by molar-refractivity contribution is -0.150. The molecule has 0 bridgehead atoms. The number of fused-ring (bicyclic) bond motifs is 3. The Bertz CT molecular complexity index is 1340. The van der Waals surface area contributed by atoms with Crippen molar-refractivity contribution in [3.05, 3.63) is 93.6 Å². The first kappa shape index (κ1) is 25.9. The number of hydrogen-bond acceptors (Lipinski definition) is 5. The van der Waals surface area contributed by atoms with Crippen molar-refractivity contribution in [2.45, 2.75) is 25.3 Å². The largest absolute Gasteiger partial charge is 0.494 e. The van der Waals surface area contributed by atoms with E-state index in [1.807, 2.05) is 35.2 Å². The van der Waals surface area contributed by atoms with Crippen molar-refractivity contribution in [3.63, 3.8) is 0 Å². The van der Waals surface area contributed by atoms with E-state index in [1.165, 1.54) is 5.56 Å². The van der Waals surface area contributed by atoms with Crippen LogP contribution in [0.15, 0.2) is 66.7 Å². The summed E-state index contributed by atoms with van der Waals surface area (Å²) in [5.41, 5.74) is 4.29. The normalized spacial score (nSPS) is 16.6. The van der Waals surface area contributed by atoms with Gasteiger partial charge in [0, 0.05) is 39.7 Å². The van der Waals surface area contributed by atoms with E-state index in [0.29, 0.717) is 28.9 Å². The molecule has 194 valence electrons. The van der Waals surface area contributed by atoms with E-state index in [1.54, 1.807) is 24.3 Å². The average molecular weight is 540 g/mol. The number of aromatic amines is 1. The fourth-order valence-electron chi connectivity index (χ4n) is 4.90. The molecule has 1 aliphatic rings. The summed E-state index contributed by atoms with van der Waals surface area (Å²) in [7, 11) is 4.12. The number of nitrogens with zero attached hydrogens (tertiary/aromatic N) is 2. The van der Waals surface area contributed by atoms with Crippen LogP contribution in [-0.2, 0) is 6.42 Å². The van der Waals surface area contributed by atoms with E-state index >= 15 is 0 Å². The molecule has 0 saturated carbocycles. The highest BCUT2D eigenvalue weighted by molar-refractivity contribution is 6.31. The van der Waals surface area contributed by atoms with Crippen LogP contribution in [0.4, 0.5) is 0 Å². The van der Waals surface area contributed by atoms with Gasteiger partial charge in [-0.3, -0.25) is 0 Å². The molecule has 6 nitrogen and oxygen atoms in total. The molecule has 1 aromatic heterocycles. The van der Waals surface area contributed by atoms with E-state index in [9.17, 15) is 5.11 Å². The van der Waals surface area contributed by atoms with Gasteiger partial charge in [-0.2, -0.15) is 0 Å². The topological polar surface area (TPSA) is 61.0 Å². The molecule has 1 aliphatic heterocycles. The molecule has 2 heterocycles. The van der Waals surface area contributed by atoms with Crippen LogP contribution in [0.1, 0.15) is 29.3 Å². The summed E-state index contributed by atoms with van der Waals surface area (Å²) in [6.45, 7) is 2.25. The number of aliphatic hydroxyl groups is 1. The van der Waals surface area contributed by atoms with E-state index < -0.39 is 6.41 Å². The van der Waals surface area contributed by atoms with Crippen molar-refractivity contribution in [2.75, 3.05) is 33.8 Å². The van der Waals surface area contributed by atoms with Crippen LogP contribution in [0, 0.1) is 0 Å². The van der Waals surface area contributed by atoms with Gasteiger partial charge in [-0.15, -0.1) is 0 Å². The first-order chi connectivity index (χ1) is 17.9. The Morgan fingerprint density at radius 2 is 1.70 bits per heavy atom. The third-order valence-corrected chi connectivity index (χ3v) is 7.17. The van der Waals surface area contributed by atoms with Crippen LogP contribution < -0.4 is 9.47 Å². The molecule has 0 amide bonds. The Balaban J connectivity index is 1.44. The lowest BCUT2D eigenvalue weighted by Crippen LogP contribution is -2.46. The molecular formula is C29H31Cl2N3O3. The van der Waals surface area contributed by atoms with E-state index in [4.69, 9.17) is 32.7 Å². The third kappa shape index (κ3) is 5.89. The molecule has 0 saturated heterocycles. The predicted molar refractivity (Wildman–Crippen MR) is 149 cm³/mol. The Morgan fingerprint density at radius 1 is 1.00 bits per heavy atom. The zero-order valence-corrected chi connectivity index (χ0v) is 22.5. The maximum atomic E-state index is 11.2. The fourth-order valence-corrected chi connectivity index (χ4v) is 5.19. The molecule has 3 aromatic carbocycles. The molecule has 2 atom stereocenters. The second-order valence-electron chi connectivity index (χ2n) is 9.57. The summed E-state index contributed by atoms with van der Waals surface area (Å²) in [5.74, 6) is 1.37. The van der Waals surface area contributed by atoms with Crippen LogP contribution in [-0.4, -0.2) is 60.1 Å². The number of halogens is 2. The SMILES string of the molecule is CN(C)CCCOc1ccc(C2c3[nH]c4ccc(Cl)cc4c3CCN2C(O)Oc2ccc(Cl)cc2)cc1. The molecule has 0 radical (unpaired) electrons. The number of H-pyrrole nitrogens is 1. The summed E-state index contributed by atoms with van der Waals surface area (Å²) >= 11 is 12.3. The average Bonchev–Trinajstić information content (AvgIpc) is 3.25. The molecular weight excluding hydrogens is 509 g/mol. The maximum absolute atomic E-state index is 11.2. The number of ether oxygens (including phenoxy) is 2. The minimum Gasteiger partial charge on any atom is -0.494 e. The van der Waals surface area contributed by atoms with Crippen molar-refractivity contribution in [2.24, 2.45) is 0 Å². The van der Waals surface area contributed by atoms with E-state index in [-0.39, 0.29) is 6.04 Å². The second-order valence-corrected chi connectivity index (χ2v) is 10.4. The molecule has 0 aliphatic carbocycles. The van der Waals surface area contributed by atoms with Crippen LogP contribution >= 0.6 is 23.2 Å². The fraction of sp³-hybridized carbons (Fsp3) is 0.310. The van der Waals surface area contributed by atoms with Crippen LogP contribution in [0.25, 0.3) is 10.9 Å². The molecule has 37 heavy (non-hydrogen) atoms. The lowest BCUT2D eigenvalue weighted by atomic mass is 9.92. The first-order valence-electron chi connectivity index (χ1n) is 12.4. The second kappa shape index (κ2) is 11.3. The van der Waals surface area contributed by atoms with Gasteiger partial charge in [0.2, 0.25) is 0 Å². The summed E-state index contributed by atoms with van der Waals surface area (Å²) < 4.78 is 11.9. The van der Waals surface area contributed by atoms with Gasteiger partial charge in [0.15, 0.2) is 0 Å². The summed E-state index contributed by atoms with van der Waals surface area (Å²) in [5, 5.41) is 13.7. The molecule has 0 fully saturated rings. The Morgan fingerprint density at radius 3 is 2.43 bits per heavy atom. The van der Waals surface area contributed by atoms with Gasteiger partial charge >= 0.3 is 0 Å². The van der Waals surface area contributed by atoms with Gasteiger partial charge in [-0.05, 0) is 92.7 Å². The Labute approximate surface area is 227 Å². The van der Waals surface area contributed by atoms with Crippen LogP contribution in [0.2, 0.25) is 10.0 Å². The minimum atomic E-state index is -1.16. The molecule has 5 rings (SSSR count). The Hall–Kier alpha value is -2.74. The molecule has 2 N–H and O–H groups in total. The standard InChI is InChI=1S/C29H31Cl2N3O3/c1-33(2)15-3-17-36-22-9-4-19(5-10-22)28-27-24(25-18-21(31)8-13-26(25)32-27)14-16-34(28)29(35)37-23-11-6-20(30)7-12-23/h4-13,18,28-29,32,35H,3,14-17H2,1-2H3.